The number of morpholine rings is 1. The molecule has 4 heterocycles. The maximum absolute atomic E-state index is 14.2. The second kappa shape index (κ2) is 8.68. The van der Waals surface area contributed by atoms with Gasteiger partial charge in [-0.3, -0.25) is 0 Å². The Morgan fingerprint density at radius 1 is 1.03 bits per heavy atom. The molecule has 1 saturated heterocycles. The Bertz CT molecular complexity index is 1480. The smallest absolute Gasteiger partial charge is 0.182 e. The van der Waals surface area contributed by atoms with Crippen LogP contribution in [0.1, 0.15) is 5.56 Å². The van der Waals surface area contributed by atoms with Crippen molar-refractivity contribution in [2.24, 2.45) is 0 Å². The molecule has 2 N–H and O–H groups in total. The van der Waals surface area contributed by atoms with Gasteiger partial charge in [0.2, 0.25) is 0 Å². The van der Waals surface area contributed by atoms with Crippen molar-refractivity contribution in [3.05, 3.63) is 72.6 Å². The summed E-state index contributed by atoms with van der Waals surface area (Å²) in [6.45, 7) is 3.45. The molecular formula is C25H22FN7O. The van der Waals surface area contributed by atoms with E-state index in [0.717, 1.165) is 52.0 Å². The van der Waals surface area contributed by atoms with Gasteiger partial charge in [0.15, 0.2) is 11.5 Å². The molecule has 3 aromatic heterocycles. The van der Waals surface area contributed by atoms with Gasteiger partial charge in [-0.25, -0.2) is 24.3 Å². The first-order chi connectivity index (χ1) is 16.8. The van der Waals surface area contributed by atoms with Crippen LogP contribution in [-0.4, -0.2) is 51.2 Å². The number of rotatable bonds is 5. The molecule has 0 bridgehead atoms. The van der Waals surface area contributed by atoms with Crippen LogP contribution in [0.15, 0.2) is 61.2 Å². The highest BCUT2D eigenvalue weighted by Gasteiger charge is 2.18. The van der Waals surface area contributed by atoms with Crippen molar-refractivity contribution >= 4 is 33.6 Å². The predicted molar refractivity (Wildman–Crippen MR) is 129 cm³/mol. The van der Waals surface area contributed by atoms with Gasteiger partial charge in [-0.15, -0.1) is 0 Å². The van der Waals surface area contributed by atoms with Crippen molar-refractivity contribution < 1.29 is 9.13 Å². The van der Waals surface area contributed by atoms with Gasteiger partial charge in [0.1, 0.15) is 17.7 Å². The molecule has 0 spiro atoms. The summed E-state index contributed by atoms with van der Waals surface area (Å²) in [5.41, 5.74) is 5.68. The third-order valence-electron chi connectivity index (χ3n) is 6.02. The minimum Gasteiger partial charge on any atom is -0.378 e. The zero-order chi connectivity index (χ0) is 22.9. The van der Waals surface area contributed by atoms with E-state index in [1.165, 1.54) is 18.5 Å². The summed E-state index contributed by atoms with van der Waals surface area (Å²) in [6.07, 6.45) is 3.07. The van der Waals surface area contributed by atoms with Crippen molar-refractivity contribution in [3.8, 4) is 11.3 Å². The molecule has 1 aliphatic heterocycles. The first kappa shape index (κ1) is 20.5. The molecular weight excluding hydrogens is 433 g/mol. The van der Waals surface area contributed by atoms with Gasteiger partial charge in [0.05, 0.1) is 36.4 Å². The highest BCUT2D eigenvalue weighted by Crippen LogP contribution is 2.32. The predicted octanol–water partition coefficient (Wildman–Crippen LogP) is 4.16. The molecule has 0 atom stereocenters. The van der Waals surface area contributed by atoms with Crippen molar-refractivity contribution in [2.45, 2.75) is 6.54 Å². The zero-order valence-corrected chi connectivity index (χ0v) is 18.3. The summed E-state index contributed by atoms with van der Waals surface area (Å²) in [7, 11) is 0. The number of para-hydroxylation sites is 1. The molecule has 0 aliphatic carbocycles. The number of ether oxygens (including phenoxy) is 1. The van der Waals surface area contributed by atoms with Crippen LogP contribution in [0.25, 0.3) is 33.3 Å². The fourth-order valence-electron chi connectivity index (χ4n) is 4.38. The highest BCUT2D eigenvalue weighted by atomic mass is 19.1. The number of halogens is 1. The van der Waals surface area contributed by atoms with Gasteiger partial charge >= 0.3 is 0 Å². The average Bonchev–Trinajstić information content (AvgIpc) is 3.37. The van der Waals surface area contributed by atoms with E-state index in [9.17, 15) is 4.39 Å². The minimum atomic E-state index is -0.297. The molecule has 0 saturated carbocycles. The van der Waals surface area contributed by atoms with E-state index in [1.807, 2.05) is 12.1 Å². The molecule has 0 amide bonds. The highest BCUT2D eigenvalue weighted by molar-refractivity contribution is 5.93. The lowest BCUT2D eigenvalue weighted by molar-refractivity contribution is 0.123. The number of aromatic amines is 1. The van der Waals surface area contributed by atoms with Crippen LogP contribution in [0.5, 0.6) is 0 Å². The molecule has 8 nitrogen and oxygen atoms in total. The molecule has 9 heteroatoms. The van der Waals surface area contributed by atoms with Crippen LogP contribution in [0.3, 0.4) is 0 Å². The van der Waals surface area contributed by atoms with Crippen molar-refractivity contribution in [2.75, 3.05) is 36.5 Å². The van der Waals surface area contributed by atoms with Crippen molar-refractivity contribution in [1.82, 2.24) is 24.9 Å². The monoisotopic (exact) mass is 455 g/mol. The number of H-pyrrole nitrogens is 1. The number of hydrogen-bond acceptors (Lipinski definition) is 7. The third kappa shape index (κ3) is 3.80. The Hall–Kier alpha value is -4.11. The molecule has 2 aromatic carbocycles. The largest absolute Gasteiger partial charge is 0.378 e. The molecule has 6 rings (SSSR count). The molecule has 0 radical (unpaired) electrons. The molecule has 1 aliphatic rings. The Balaban J connectivity index is 1.45. The van der Waals surface area contributed by atoms with E-state index < -0.39 is 0 Å². The number of fused-ring (bicyclic) bond motifs is 2. The van der Waals surface area contributed by atoms with Gasteiger partial charge in [0.25, 0.3) is 0 Å². The van der Waals surface area contributed by atoms with Crippen LogP contribution in [0.4, 0.5) is 15.9 Å². The van der Waals surface area contributed by atoms with Crippen molar-refractivity contribution in [1.29, 1.82) is 0 Å². The van der Waals surface area contributed by atoms with Gasteiger partial charge in [-0.05, 0) is 29.8 Å². The Morgan fingerprint density at radius 3 is 2.79 bits per heavy atom. The number of benzene rings is 2. The van der Waals surface area contributed by atoms with Gasteiger partial charge in [0, 0.05) is 30.6 Å². The summed E-state index contributed by atoms with van der Waals surface area (Å²) in [5.74, 6) is 0.351. The first-order valence-electron chi connectivity index (χ1n) is 11.2. The molecule has 170 valence electrons. The molecule has 5 aromatic rings. The maximum atomic E-state index is 14.2. The van der Waals surface area contributed by atoms with E-state index in [2.05, 4.69) is 48.4 Å². The number of nitrogens with zero attached hydrogens (tertiary/aromatic N) is 5. The first-order valence-corrected chi connectivity index (χ1v) is 11.2. The van der Waals surface area contributed by atoms with Crippen LogP contribution in [0, 0.1) is 5.82 Å². The van der Waals surface area contributed by atoms with E-state index in [4.69, 9.17) is 9.72 Å². The topological polar surface area (TPSA) is 91.8 Å². The Labute approximate surface area is 194 Å². The van der Waals surface area contributed by atoms with Gasteiger partial charge in [-0.2, -0.15) is 0 Å². The number of pyridine rings is 1. The summed E-state index contributed by atoms with van der Waals surface area (Å²) in [5, 5.41) is 4.40. The summed E-state index contributed by atoms with van der Waals surface area (Å²) < 4.78 is 19.7. The lowest BCUT2D eigenvalue weighted by Crippen LogP contribution is -2.36. The van der Waals surface area contributed by atoms with Crippen LogP contribution >= 0.6 is 0 Å². The van der Waals surface area contributed by atoms with E-state index >= 15 is 0 Å². The normalized spacial score (nSPS) is 14.1. The summed E-state index contributed by atoms with van der Waals surface area (Å²) in [6, 6.07) is 14.9. The van der Waals surface area contributed by atoms with Crippen LogP contribution in [0.2, 0.25) is 0 Å². The van der Waals surface area contributed by atoms with Crippen molar-refractivity contribution in [3.63, 3.8) is 0 Å². The van der Waals surface area contributed by atoms with Gasteiger partial charge in [-0.1, -0.05) is 24.3 Å². The number of aromatic nitrogens is 5. The Morgan fingerprint density at radius 2 is 1.91 bits per heavy atom. The van der Waals surface area contributed by atoms with E-state index in [-0.39, 0.29) is 5.82 Å². The summed E-state index contributed by atoms with van der Waals surface area (Å²) >= 11 is 0. The average molecular weight is 455 g/mol. The van der Waals surface area contributed by atoms with Crippen LogP contribution in [-0.2, 0) is 11.3 Å². The molecule has 34 heavy (non-hydrogen) atoms. The number of imidazole rings is 1. The lowest BCUT2D eigenvalue weighted by atomic mass is 10.0. The molecule has 1 fully saturated rings. The quantitative estimate of drug-likeness (QED) is 0.411. The van der Waals surface area contributed by atoms with E-state index in [1.54, 1.807) is 12.4 Å². The zero-order valence-electron chi connectivity index (χ0n) is 18.3. The fourth-order valence-corrected chi connectivity index (χ4v) is 4.38. The van der Waals surface area contributed by atoms with Gasteiger partial charge < -0.3 is 19.9 Å². The van der Waals surface area contributed by atoms with E-state index in [0.29, 0.717) is 31.2 Å². The fraction of sp³-hybridized carbons (Fsp3) is 0.200. The second-order valence-corrected chi connectivity index (χ2v) is 8.13. The summed E-state index contributed by atoms with van der Waals surface area (Å²) in [4.78, 5) is 23.2. The molecule has 0 unspecified atom stereocenters. The Kier molecular flexibility index (Phi) is 5.23. The number of anilines is 2. The second-order valence-electron chi connectivity index (χ2n) is 8.13. The minimum absolute atomic E-state index is 0.297. The number of hydrogen-bond donors (Lipinski definition) is 2. The standard InChI is InChI=1S/C25H22FN7O/c26-19-5-1-3-17(12-19)21-18(13-27-24-23-25(29-14-28-23)31-15-30-24)11-16-4-2-6-20(22(16)32-21)33-7-9-34-10-8-33/h1-6,11-12,14-15H,7-10,13H2,(H2,27,28,29,30,31). The number of nitrogens with one attached hydrogen (secondary N) is 2. The SMILES string of the molecule is Fc1cccc(-c2nc3c(N4CCOCC4)cccc3cc2CNc2ncnc3nc[nH]c23)c1. The van der Waals surface area contributed by atoms with Crippen LogP contribution < -0.4 is 10.2 Å². The third-order valence-corrected chi connectivity index (χ3v) is 6.02. The lowest BCUT2D eigenvalue weighted by Gasteiger charge is -2.29. The maximum Gasteiger partial charge on any atom is 0.182 e.